The predicted molar refractivity (Wildman–Crippen MR) is 73.4 cm³/mol. The molecule has 2 nitrogen and oxygen atoms in total. The lowest BCUT2D eigenvalue weighted by Gasteiger charge is -2.09. The van der Waals surface area contributed by atoms with Crippen molar-refractivity contribution in [1.29, 1.82) is 0 Å². The highest BCUT2D eigenvalue weighted by Crippen LogP contribution is 2.35. The van der Waals surface area contributed by atoms with Gasteiger partial charge in [-0.1, -0.05) is 40.9 Å². The zero-order valence-electron chi connectivity index (χ0n) is 8.99. The van der Waals surface area contributed by atoms with Crippen molar-refractivity contribution in [2.24, 2.45) is 0 Å². The molecule has 0 aliphatic rings. The van der Waals surface area contributed by atoms with Gasteiger partial charge in [-0.2, -0.15) is 0 Å². The molecule has 0 aliphatic carbocycles. The van der Waals surface area contributed by atoms with Crippen LogP contribution in [0.2, 0.25) is 15.1 Å². The van der Waals surface area contributed by atoms with Crippen molar-refractivity contribution in [1.82, 2.24) is 0 Å². The summed E-state index contributed by atoms with van der Waals surface area (Å²) in [6.07, 6.45) is 0.679. The fourth-order valence-electron chi connectivity index (χ4n) is 1.36. The lowest BCUT2D eigenvalue weighted by atomic mass is 10.2. The van der Waals surface area contributed by atoms with E-state index in [9.17, 15) is 4.79 Å². The Balaban J connectivity index is 2.31. The van der Waals surface area contributed by atoms with Crippen LogP contribution < -0.4 is 4.74 Å². The maximum atomic E-state index is 10.6. The summed E-state index contributed by atoms with van der Waals surface area (Å²) in [7, 11) is 0. The normalized spacial score (nSPS) is 10.2. The highest BCUT2D eigenvalue weighted by atomic mass is 35.5. The van der Waals surface area contributed by atoms with E-state index in [1.54, 1.807) is 36.4 Å². The summed E-state index contributed by atoms with van der Waals surface area (Å²) in [5.41, 5.74) is 0.404. The van der Waals surface area contributed by atoms with Gasteiger partial charge in [0.25, 0.3) is 0 Å². The van der Waals surface area contributed by atoms with Gasteiger partial charge in [0.15, 0.2) is 6.29 Å². The highest BCUT2D eigenvalue weighted by Gasteiger charge is 2.08. The minimum atomic E-state index is 0.320. The van der Waals surface area contributed by atoms with Crippen LogP contribution in [0.4, 0.5) is 0 Å². The third-order valence-corrected chi connectivity index (χ3v) is 3.37. The van der Waals surface area contributed by atoms with Crippen LogP contribution >= 0.6 is 34.8 Å². The molecule has 92 valence electrons. The number of carbonyl (C=O) groups is 1. The number of halogens is 3. The number of hydrogen-bond acceptors (Lipinski definition) is 2. The van der Waals surface area contributed by atoms with E-state index in [-0.39, 0.29) is 0 Å². The first-order valence-corrected chi connectivity index (χ1v) is 6.12. The van der Waals surface area contributed by atoms with Crippen molar-refractivity contribution in [2.45, 2.75) is 0 Å². The minimum absolute atomic E-state index is 0.320. The molecule has 0 spiro atoms. The summed E-state index contributed by atoms with van der Waals surface area (Å²) >= 11 is 17.8. The molecule has 0 saturated heterocycles. The van der Waals surface area contributed by atoms with Gasteiger partial charge in [-0.3, -0.25) is 4.79 Å². The van der Waals surface area contributed by atoms with Crippen LogP contribution in [0.5, 0.6) is 11.5 Å². The second kappa shape index (κ2) is 5.61. The SMILES string of the molecule is O=Cc1ccc(Oc2cccc(Cl)c2Cl)cc1Cl. The zero-order valence-corrected chi connectivity index (χ0v) is 11.3. The van der Waals surface area contributed by atoms with Crippen LogP contribution in [0, 0.1) is 0 Å². The van der Waals surface area contributed by atoms with Crippen LogP contribution in [0.1, 0.15) is 10.4 Å². The van der Waals surface area contributed by atoms with Gasteiger partial charge >= 0.3 is 0 Å². The standard InChI is InChI=1S/C13H7Cl3O2/c14-10-2-1-3-12(13(10)16)18-9-5-4-8(7-17)11(15)6-9/h1-7H. The van der Waals surface area contributed by atoms with Gasteiger partial charge < -0.3 is 4.74 Å². The number of rotatable bonds is 3. The Hall–Kier alpha value is -1.22. The summed E-state index contributed by atoms with van der Waals surface area (Å²) in [5, 5.41) is 1.06. The molecule has 0 heterocycles. The van der Waals surface area contributed by atoms with E-state index in [0.29, 0.717) is 38.4 Å². The molecule has 0 bridgehead atoms. The second-order valence-corrected chi connectivity index (χ2v) is 4.65. The summed E-state index contributed by atoms with van der Waals surface area (Å²) in [4.78, 5) is 10.6. The molecule has 0 amide bonds. The Bertz CT molecular complexity index is 597. The topological polar surface area (TPSA) is 26.3 Å². The molecular weight excluding hydrogens is 294 g/mol. The van der Waals surface area contributed by atoms with E-state index in [1.165, 1.54) is 0 Å². The summed E-state index contributed by atoms with van der Waals surface area (Å²) in [6, 6.07) is 9.83. The molecule has 0 unspecified atom stereocenters. The Morgan fingerprint density at radius 2 is 1.78 bits per heavy atom. The Morgan fingerprint density at radius 1 is 1.00 bits per heavy atom. The van der Waals surface area contributed by atoms with Crippen molar-refractivity contribution in [3.05, 3.63) is 57.0 Å². The maximum absolute atomic E-state index is 10.6. The Labute approximate surface area is 119 Å². The van der Waals surface area contributed by atoms with Crippen LogP contribution in [0.15, 0.2) is 36.4 Å². The zero-order chi connectivity index (χ0) is 13.1. The van der Waals surface area contributed by atoms with Crippen molar-refractivity contribution in [2.75, 3.05) is 0 Å². The molecule has 2 aromatic rings. The third-order valence-electron chi connectivity index (χ3n) is 2.24. The number of benzene rings is 2. The van der Waals surface area contributed by atoms with Gasteiger partial charge in [0.05, 0.1) is 10.0 Å². The molecule has 0 radical (unpaired) electrons. The maximum Gasteiger partial charge on any atom is 0.151 e. The number of ether oxygens (including phenoxy) is 1. The van der Waals surface area contributed by atoms with Crippen LogP contribution in [-0.2, 0) is 0 Å². The molecule has 0 aromatic heterocycles. The van der Waals surface area contributed by atoms with Gasteiger partial charge in [0.2, 0.25) is 0 Å². The van der Waals surface area contributed by atoms with Crippen LogP contribution in [0.3, 0.4) is 0 Å². The minimum Gasteiger partial charge on any atom is -0.456 e. The average molecular weight is 302 g/mol. The van der Waals surface area contributed by atoms with Gasteiger partial charge in [-0.15, -0.1) is 0 Å². The Morgan fingerprint density at radius 3 is 2.44 bits per heavy atom. The Kier molecular flexibility index (Phi) is 4.12. The predicted octanol–water partition coefficient (Wildman–Crippen LogP) is 5.25. The first kappa shape index (κ1) is 13.2. The monoisotopic (exact) mass is 300 g/mol. The van der Waals surface area contributed by atoms with Crippen LogP contribution in [0.25, 0.3) is 0 Å². The lowest BCUT2D eigenvalue weighted by molar-refractivity contribution is 0.112. The quantitative estimate of drug-likeness (QED) is 0.724. The third kappa shape index (κ3) is 2.78. The van der Waals surface area contributed by atoms with Gasteiger partial charge in [-0.25, -0.2) is 0 Å². The lowest BCUT2D eigenvalue weighted by Crippen LogP contribution is -1.88. The largest absolute Gasteiger partial charge is 0.456 e. The molecule has 18 heavy (non-hydrogen) atoms. The van der Waals surface area contributed by atoms with Crippen LogP contribution in [-0.4, -0.2) is 6.29 Å². The molecule has 2 aromatic carbocycles. The molecule has 2 rings (SSSR count). The number of hydrogen-bond donors (Lipinski definition) is 0. The smallest absolute Gasteiger partial charge is 0.151 e. The van der Waals surface area contributed by atoms with Crippen molar-refractivity contribution in [3.63, 3.8) is 0 Å². The van der Waals surface area contributed by atoms with Gasteiger partial charge in [-0.05, 0) is 24.3 Å². The number of carbonyl (C=O) groups excluding carboxylic acids is 1. The summed E-state index contributed by atoms with van der Waals surface area (Å²) < 4.78 is 5.55. The second-order valence-electron chi connectivity index (χ2n) is 3.46. The van der Waals surface area contributed by atoms with E-state index < -0.39 is 0 Å². The van der Waals surface area contributed by atoms with E-state index >= 15 is 0 Å². The summed E-state index contributed by atoms with van der Waals surface area (Å²) in [6.45, 7) is 0. The molecule has 0 atom stereocenters. The summed E-state index contributed by atoms with van der Waals surface area (Å²) in [5.74, 6) is 0.911. The van der Waals surface area contributed by atoms with Crippen molar-refractivity contribution < 1.29 is 9.53 Å². The molecular formula is C13H7Cl3O2. The fraction of sp³-hybridized carbons (Fsp3) is 0. The number of aldehydes is 1. The first-order valence-electron chi connectivity index (χ1n) is 4.98. The molecule has 0 saturated carbocycles. The van der Waals surface area contributed by atoms with E-state index in [4.69, 9.17) is 39.5 Å². The molecule has 0 aliphatic heterocycles. The van der Waals surface area contributed by atoms with E-state index in [2.05, 4.69) is 0 Å². The first-order chi connectivity index (χ1) is 8.61. The van der Waals surface area contributed by atoms with Gasteiger partial charge in [0.1, 0.15) is 16.5 Å². The van der Waals surface area contributed by atoms with Crippen molar-refractivity contribution in [3.8, 4) is 11.5 Å². The molecule has 0 fully saturated rings. The van der Waals surface area contributed by atoms with Gasteiger partial charge in [0, 0.05) is 11.6 Å². The van der Waals surface area contributed by atoms with E-state index in [0.717, 1.165) is 0 Å². The fourth-order valence-corrected chi connectivity index (χ4v) is 1.90. The average Bonchev–Trinajstić information content (AvgIpc) is 2.35. The van der Waals surface area contributed by atoms with E-state index in [1.807, 2.05) is 0 Å². The van der Waals surface area contributed by atoms with Crippen molar-refractivity contribution >= 4 is 41.1 Å². The highest BCUT2D eigenvalue weighted by molar-refractivity contribution is 6.42. The molecule has 0 N–H and O–H groups in total. The molecule has 5 heteroatoms.